The Hall–Kier alpha value is -1.41. The van der Waals surface area contributed by atoms with Gasteiger partial charge in [0, 0.05) is 12.8 Å². The second-order valence-electron chi connectivity index (χ2n) is 21.6. The number of rotatable bonds is 53. The molecule has 0 heterocycles. The van der Waals surface area contributed by atoms with E-state index in [4.69, 9.17) is 18.5 Å². The van der Waals surface area contributed by atoms with Gasteiger partial charge >= 0.3 is 19.8 Å². The van der Waals surface area contributed by atoms with Gasteiger partial charge in [-0.05, 0) is 38.5 Å². The van der Waals surface area contributed by atoms with Crippen molar-refractivity contribution in [3.05, 3.63) is 12.2 Å². The van der Waals surface area contributed by atoms with Crippen molar-refractivity contribution in [3.8, 4) is 0 Å². The van der Waals surface area contributed by atoms with E-state index >= 15 is 0 Å². The molecule has 0 aliphatic heterocycles. The Bertz CT molecular complexity index is 1320. The highest BCUT2D eigenvalue weighted by molar-refractivity contribution is 7.47. The molecule has 0 amide bonds. The summed E-state index contributed by atoms with van der Waals surface area (Å²) in [5.74, 6) is -1.08. The number of hydrogen-bond acceptors (Lipinski definition) is 12. The van der Waals surface area contributed by atoms with Crippen LogP contribution in [0.15, 0.2) is 12.2 Å². The molecule has 0 spiro atoms. The van der Waals surface area contributed by atoms with Crippen LogP contribution in [0, 0.1) is 0 Å². The monoisotopic (exact) mass is 1060 g/mol. The summed E-state index contributed by atoms with van der Waals surface area (Å²) in [5.41, 5.74) is 0. The van der Waals surface area contributed by atoms with Crippen molar-refractivity contribution >= 4 is 19.8 Å². The average Bonchev–Trinajstić information content (AvgIpc) is 3.37. The van der Waals surface area contributed by atoms with E-state index in [9.17, 15) is 44.6 Å². The molecule has 73 heavy (non-hydrogen) atoms. The Kier molecular flexibility index (Phi) is 46.6. The van der Waals surface area contributed by atoms with Crippen molar-refractivity contribution < 1.29 is 63.1 Å². The van der Waals surface area contributed by atoms with Crippen molar-refractivity contribution in [2.75, 3.05) is 13.2 Å². The number of unbranched alkanes of at least 4 members (excludes halogenated alkanes) is 39. The van der Waals surface area contributed by atoms with Gasteiger partial charge in [-0.1, -0.05) is 257 Å². The summed E-state index contributed by atoms with van der Waals surface area (Å²) >= 11 is 0. The number of aliphatic hydroxyl groups excluding tert-OH is 5. The number of carbonyl (C=O) groups is 2. The largest absolute Gasteiger partial charge is 0.472 e. The van der Waals surface area contributed by atoms with Gasteiger partial charge in [-0.2, -0.15) is 0 Å². The van der Waals surface area contributed by atoms with Crippen LogP contribution in [0.5, 0.6) is 0 Å². The highest BCUT2D eigenvalue weighted by atomic mass is 31.2. The molecule has 14 heteroatoms. The number of phosphoric ester groups is 1. The standard InChI is InChI=1S/C59H113O13P/c1-3-5-7-9-11-13-15-17-19-21-23-25-26-28-29-31-33-35-37-39-41-43-45-47-52(60)69-49-51(50-70-73(67,68)72-59-57(65)55(63)54(62)56(64)58(59)66)71-53(61)48-46-44-42-40-38-36-34-32-30-27-24-22-20-18-16-14-12-10-8-6-4-2/h18,20,51,54-59,62-66H,3-17,19,21-50H2,1-2H3,(H,67,68)/b20-18+/t51-,54?,55-,56?,57?,58?,59?/m0/s1. The maximum atomic E-state index is 12.9. The van der Waals surface area contributed by atoms with Gasteiger partial charge in [0.05, 0.1) is 6.61 Å². The number of allylic oxidation sites excluding steroid dienone is 2. The molecular weight excluding hydrogens is 948 g/mol. The summed E-state index contributed by atoms with van der Waals surface area (Å²) in [4.78, 5) is 36.0. The summed E-state index contributed by atoms with van der Waals surface area (Å²) in [6.45, 7) is 3.37. The van der Waals surface area contributed by atoms with Crippen molar-refractivity contribution in [2.24, 2.45) is 0 Å². The fraction of sp³-hybridized carbons (Fsp3) is 0.932. The van der Waals surface area contributed by atoms with E-state index in [1.165, 1.54) is 212 Å². The summed E-state index contributed by atoms with van der Waals surface area (Å²) in [6, 6.07) is 0. The minimum Gasteiger partial charge on any atom is -0.462 e. The fourth-order valence-electron chi connectivity index (χ4n) is 9.76. The molecule has 0 aromatic rings. The average molecular weight is 1060 g/mol. The lowest BCUT2D eigenvalue weighted by atomic mass is 9.85. The molecule has 1 saturated carbocycles. The Morgan fingerprint density at radius 1 is 0.411 bits per heavy atom. The summed E-state index contributed by atoms with van der Waals surface area (Å²) in [6.07, 6.45) is 44.0. The van der Waals surface area contributed by atoms with Crippen LogP contribution in [0.2, 0.25) is 0 Å². The molecule has 8 atom stereocenters. The zero-order valence-electron chi connectivity index (χ0n) is 46.7. The predicted molar refractivity (Wildman–Crippen MR) is 295 cm³/mol. The molecule has 13 nitrogen and oxygen atoms in total. The molecular formula is C59H113O13P. The zero-order chi connectivity index (χ0) is 53.5. The lowest BCUT2D eigenvalue weighted by molar-refractivity contribution is -0.220. The number of hydrogen-bond donors (Lipinski definition) is 6. The first-order valence-electron chi connectivity index (χ1n) is 30.5. The SMILES string of the molecule is CCCCCCCC/C=C/CCCCCCCCCCCCCC(=O)O[C@@H](COC(=O)CCCCCCCCCCCCCCCCCCCCCCCCC)COP(=O)(O)OC1C(O)C(O)C(O)[C@H](O)C1O. The van der Waals surface area contributed by atoms with Crippen LogP contribution in [-0.4, -0.2) is 98.3 Å². The van der Waals surface area contributed by atoms with Crippen molar-refractivity contribution in [3.63, 3.8) is 0 Å². The van der Waals surface area contributed by atoms with E-state index in [1.54, 1.807) is 0 Å². The number of esters is 2. The molecule has 1 fully saturated rings. The van der Waals surface area contributed by atoms with Gasteiger partial charge in [0.1, 0.15) is 43.2 Å². The summed E-state index contributed by atoms with van der Waals surface area (Å²) in [7, 11) is -5.12. The quantitative estimate of drug-likeness (QED) is 0.0145. The minimum atomic E-state index is -5.12. The van der Waals surface area contributed by atoms with Crippen LogP contribution in [0.25, 0.3) is 0 Å². The van der Waals surface area contributed by atoms with E-state index in [2.05, 4.69) is 26.0 Å². The van der Waals surface area contributed by atoms with E-state index in [1.807, 2.05) is 0 Å². The fourth-order valence-corrected chi connectivity index (χ4v) is 10.7. The third-order valence-corrected chi connectivity index (χ3v) is 15.6. The van der Waals surface area contributed by atoms with Gasteiger partial charge in [-0.3, -0.25) is 18.6 Å². The number of ether oxygens (including phenoxy) is 2. The first kappa shape index (κ1) is 69.6. The first-order chi connectivity index (χ1) is 35.4. The minimum absolute atomic E-state index is 0.101. The molecule has 0 saturated heterocycles. The van der Waals surface area contributed by atoms with Gasteiger partial charge in [0.25, 0.3) is 0 Å². The smallest absolute Gasteiger partial charge is 0.462 e. The molecule has 1 rings (SSSR count). The molecule has 432 valence electrons. The molecule has 1 aliphatic rings. The second-order valence-corrected chi connectivity index (χ2v) is 23.0. The Morgan fingerprint density at radius 3 is 1.04 bits per heavy atom. The van der Waals surface area contributed by atoms with Gasteiger partial charge in [-0.15, -0.1) is 0 Å². The zero-order valence-corrected chi connectivity index (χ0v) is 47.6. The number of carbonyl (C=O) groups excluding carboxylic acids is 2. The summed E-state index contributed by atoms with van der Waals surface area (Å²) in [5, 5.41) is 50.4. The van der Waals surface area contributed by atoms with Crippen molar-refractivity contribution in [1.29, 1.82) is 0 Å². The van der Waals surface area contributed by atoms with Gasteiger partial charge in [0.15, 0.2) is 6.10 Å². The highest BCUT2D eigenvalue weighted by Crippen LogP contribution is 2.47. The second kappa shape index (κ2) is 48.9. The molecule has 0 aromatic heterocycles. The van der Waals surface area contributed by atoms with Crippen LogP contribution >= 0.6 is 7.82 Å². The van der Waals surface area contributed by atoms with E-state index in [0.29, 0.717) is 12.8 Å². The lowest BCUT2D eigenvalue weighted by Gasteiger charge is -2.41. The third kappa shape index (κ3) is 40.5. The maximum absolute atomic E-state index is 12.9. The highest BCUT2D eigenvalue weighted by Gasteiger charge is 2.51. The van der Waals surface area contributed by atoms with E-state index in [0.717, 1.165) is 44.9 Å². The van der Waals surface area contributed by atoms with Crippen LogP contribution in [0.1, 0.15) is 296 Å². The van der Waals surface area contributed by atoms with Crippen molar-refractivity contribution in [2.45, 2.75) is 339 Å². The van der Waals surface area contributed by atoms with Crippen molar-refractivity contribution in [1.82, 2.24) is 0 Å². The van der Waals surface area contributed by atoms with E-state index in [-0.39, 0.29) is 12.8 Å². The Balaban J connectivity index is 2.29. The summed E-state index contributed by atoms with van der Waals surface area (Å²) < 4.78 is 33.8. The van der Waals surface area contributed by atoms with Crippen LogP contribution in [0.4, 0.5) is 0 Å². The Morgan fingerprint density at radius 2 is 0.699 bits per heavy atom. The molecule has 6 unspecified atom stereocenters. The van der Waals surface area contributed by atoms with E-state index < -0.39 is 75.7 Å². The Labute approximate surface area is 445 Å². The topological polar surface area (TPSA) is 210 Å². The van der Waals surface area contributed by atoms with Crippen LogP contribution in [-0.2, 0) is 32.7 Å². The molecule has 0 bridgehead atoms. The van der Waals surface area contributed by atoms with Gasteiger partial charge < -0.3 is 39.9 Å². The normalized spacial score (nSPS) is 20.4. The van der Waals surface area contributed by atoms with Gasteiger partial charge in [-0.25, -0.2) is 4.57 Å². The maximum Gasteiger partial charge on any atom is 0.472 e. The third-order valence-electron chi connectivity index (χ3n) is 14.6. The lowest BCUT2D eigenvalue weighted by Crippen LogP contribution is -2.64. The number of aliphatic hydroxyl groups is 5. The molecule has 0 radical (unpaired) electrons. The van der Waals surface area contributed by atoms with Gasteiger partial charge in [0.2, 0.25) is 0 Å². The molecule has 1 aliphatic carbocycles. The molecule has 6 N–H and O–H groups in total. The first-order valence-corrected chi connectivity index (χ1v) is 32.0. The number of phosphoric acid groups is 1. The predicted octanol–water partition coefficient (Wildman–Crippen LogP) is 14.5. The van der Waals surface area contributed by atoms with Crippen LogP contribution in [0.3, 0.4) is 0 Å². The van der Waals surface area contributed by atoms with Crippen LogP contribution < -0.4 is 0 Å². The molecule has 0 aromatic carbocycles.